The predicted octanol–water partition coefficient (Wildman–Crippen LogP) is 1.48. The lowest BCUT2D eigenvalue weighted by molar-refractivity contribution is 0.0953. The Labute approximate surface area is 88.9 Å². The van der Waals surface area contributed by atoms with Gasteiger partial charge < -0.3 is 5.32 Å². The number of rotatable bonds is 4. The molecular formula is C11H13N3O. The highest BCUT2D eigenvalue weighted by Gasteiger charge is 2.05. The third-order valence-electron chi connectivity index (χ3n) is 1.95. The van der Waals surface area contributed by atoms with Crippen molar-refractivity contribution in [2.75, 3.05) is 6.54 Å². The number of amides is 1. The summed E-state index contributed by atoms with van der Waals surface area (Å²) in [6.45, 7) is 2.72. The van der Waals surface area contributed by atoms with Gasteiger partial charge in [0.25, 0.3) is 5.91 Å². The van der Waals surface area contributed by atoms with E-state index >= 15 is 0 Å². The molecule has 0 saturated carbocycles. The van der Waals surface area contributed by atoms with Crippen molar-refractivity contribution in [2.24, 2.45) is 0 Å². The first kappa shape index (κ1) is 11.2. The molecule has 1 amide bonds. The van der Waals surface area contributed by atoms with E-state index in [2.05, 4.69) is 17.2 Å². The molecule has 1 N–H and O–H groups in total. The number of nitrogens with one attached hydrogen (secondary N) is 1. The Balaban J connectivity index is 2.62. The molecule has 0 saturated heterocycles. The van der Waals surface area contributed by atoms with Crippen LogP contribution in [0.3, 0.4) is 0 Å². The van der Waals surface area contributed by atoms with Gasteiger partial charge >= 0.3 is 0 Å². The third-order valence-corrected chi connectivity index (χ3v) is 1.95. The molecule has 0 aliphatic carbocycles. The van der Waals surface area contributed by atoms with E-state index in [1.165, 1.54) is 18.5 Å². The van der Waals surface area contributed by atoms with Crippen molar-refractivity contribution >= 4 is 5.91 Å². The molecule has 0 spiro atoms. The normalized spacial score (nSPS) is 9.33. The predicted molar refractivity (Wildman–Crippen MR) is 56.2 cm³/mol. The van der Waals surface area contributed by atoms with Crippen LogP contribution in [0.1, 0.15) is 35.7 Å². The van der Waals surface area contributed by atoms with Gasteiger partial charge in [0.15, 0.2) is 0 Å². The van der Waals surface area contributed by atoms with E-state index in [9.17, 15) is 4.79 Å². The monoisotopic (exact) mass is 203 g/mol. The molecule has 0 unspecified atom stereocenters. The van der Waals surface area contributed by atoms with Crippen molar-refractivity contribution in [1.82, 2.24) is 10.3 Å². The number of aromatic nitrogens is 1. The summed E-state index contributed by atoms with van der Waals surface area (Å²) in [5.41, 5.74) is 0.836. The lowest BCUT2D eigenvalue weighted by atomic mass is 10.2. The first-order chi connectivity index (χ1) is 7.27. The van der Waals surface area contributed by atoms with Gasteiger partial charge in [-0.2, -0.15) is 5.26 Å². The van der Waals surface area contributed by atoms with Crippen LogP contribution in [-0.2, 0) is 0 Å². The van der Waals surface area contributed by atoms with Crippen molar-refractivity contribution in [2.45, 2.75) is 19.8 Å². The van der Waals surface area contributed by atoms with Crippen LogP contribution in [0.5, 0.6) is 0 Å². The van der Waals surface area contributed by atoms with Crippen molar-refractivity contribution in [3.63, 3.8) is 0 Å². The summed E-state index contributed by atoms with van der Waals surface area (Å²) in [6, 6.07) is 3.48. The number of pyridine rings is 1. The molecule has 0 radical (unpaired) electrons. The summed E-state index contributed by atoms with van der Waals surface area (Å²) >= 11 is 0. The summed E-state index contributed by atoms with van der Waals surface area (Å²) in [7, 11) is 0. The van der Waals surface area contributed by atoms with E-state index in [0.717, 1.165) is 12.8 Å². The SMILES string of the molecule is CCCCNC(=O)c1cncc(C#N)c1. The van der Waals surface area contributed by atoms with Crippen LogP contribution in [0.25, 0.3) is 0 Å². The molecule has 0 atom stereocenters. The highest BCUT2D eigenvalue weighted by atomic mass is 16.1. The number of hydrogen-bond donors (Lipinski definition) is 1. The Morgan fingerprint density at radius 1 is 1.60 bits per heavy atom. The van der Waals surface area contributed by atoms with Crippen molar-refractivity contribution in [1.29, 1.82) is 5.26 Å². The lowest BCUT2D eigenvalue weighted by Gasteiger charge is -2.03. The number of carbonyl (C=O) groups is 1. The highest BCUT2D eigenvalue weighted by Crippen LogP contribution is 2.01. The maximum absolute atomic E-state index is 11.5. The molecule has 0 aliphatic rings. The molecule has 78 valence electrons. The van der Waals surface area contributed by atoms with Crippen LogP contribution >= 0.6 is 0 Å². The first-order valence-corrected chi connectivity index (χ1v) is 4.91. The largest absolute Gasteiger partial charge is 0.352 e. The van der Waals surface area contributed by atoms with Gasteiger partial charge in [-0.1, -0.05) is 13.3 Å². The Morgan fingerprint density at radius 2 is 2.40 bits per heavy atom. The van der Waals surface area contributed by atoms with Gasteiger partial charge in [0, 0.05) is 18.9 Å². The molecule has 1 rings (SSSR count). The fourth-order valence-corrected chi connectivity index (χ4v) is 1.11. The quantitative estimate of drug-likeness (QED) is 0.754. The fraction of sp³-hybridized carbons (Fsp3) is 0.364. The average molecular weight is 203 g/mol. The van der Waals surface area contributed by atoms with E-state index in [1.54, 1.807) is 0 Å². The molecular weight excluding hydrogens is 190 g/mol. The zero-order valence-electron chi connectivity index (χ0n) is 8.66. The molecule has 0 aliphatic heterocycles. The molecule has 1 heterocycles. The van der Waals surface area contributed by atoms with Gasteiger partial charge in [-0.15, -0.1) is 0 Å². The second-order valence-corrected chi connectivity index (χ2v) is 3.18. The first-order valence-electron chi connectivity index (χ1n) is 4.91. The van der Waals surface area contributed by atoms with Gasteiger partial charge in [-0.05, 0) is 12.5 Å². The van der Waals surface area contributed by atoms with E-state index in [0.29, 0.717) is 17.7 Å². The summed E-state index contributed by atoms with van der Waals surface area (Å²) in [5, 5.41) is 11.4. The molecule has 1 aromatic heterocycles. The molecule has 0 aromatic carbocycles. The van der Waals surface area contributed by atoms with Gasteiger partial charge in [0.2, 0.25) is 0 Å². The van der Waals surface area contributed by atoms with Gasteiger partial charge in [-0.3, -0.25) is 9.78 Å². The summed E-state index contributed by atoms with van der Waals surface area (Å²) in [4.78, 5) is 15.3. The van der Waals surface area contributed by atoms with Gasteiger partial charge in [-0.25, -0.2) is 0 Å². The van der Waals surface area contributed by atoms with E-state index < -0.39 is 0 Å². The lowest BCUT2D eigenvalue weighted by Crippen LogP contribution is -2.24. The number of unbranched alkanes of at least 4 members (excludes halogenated alkanes) is 1. The maximum atomic E-state index is 11.5. The Kier molecular flexibility index (Phi) is 4.30. The third kappa shape index (κ3) is 3.39. The van der Waals surface area contributed by atoms with E-state index in [4.69, 9.17) is 5.26 Å². The van der Waals surface area contributed by atoms with Crippen LogP contribution < -0.4 is 5.32 Å². The van der Waals surface area contributed by atoms with Gasteiger partial charge in [0.05, 0.1) is 11.1 Å². The van der Waals surface area contributed by atoms with Crippen molar-refractivity contribution < 1.29 is 4.79 Å². The molecule has 0 bridgehead atoms. The highest BCUT2D eigenvalue weighted by molar-refractivity contribution is 5.94. The fourth-order valence-electron chi connectivity index (χ4n) is 1.11. The van der Waals surface area contributed by atoms with Crippen LogP contribution in [0.2, 0.25) is 0 Å². The molecule has 4 heteroatoms. The molecule has 4 nitrogen and oxygen atoms in total. The van der Waals surface area contributed by atoms with Crippen LogP contribution in [-0.4, -0.2) is 17.4 Å². The van der Waals surface area contributed by atoms with Crippen molar-refractivity contribution in [3.05, 3.63) is 29.6 Å². The number of nitriles is 1. The second kappa shape index (κ2) is 5.76. The Bertz CT molecular complexity index is 382. The van der Waals surface area contributed by atoms with Crippen molar-refractivity contribution in [3.8, 4) is 6.07 Å². The minimum atomic E-state index is -0.173. The molecule has 1 aromatic rings. The standard InChI is InChI=1S/C11H13N3O/c1-2-3-4-14-11(15)10-5-9(6-12)7-13-8-10/h5,7-8H,2-4H2,1H3,(H,14,15). The van der Waals surface area contributed by atoms with Crippen LogP contribution in [0, 0.1) is 11.3 Å². The topological polar surface area (TPSA) is 65.8 Å². The van der Waals surface area contributed by atoms with E-state index in [-0.39, 0.29) is 5.91 Å². The minimum Gasteiger partial charge on any atom is -0.352 e. The summed E-state index contributed by atoms with van der Waals surface area (Å²) < 4.78 is 0. The summed E-state index contributed by atoms with van der Waals surface area (Å²) in [5.74, 6) is -0.173. The number of hydrogen-bond acceptors (Lipinski definition) is 3. The smallest absolute Gasteiger partial charge is 0.252 e. The number of nitrogens with zero attached hydrogens (tertiary/aromatic N) is 2. The zero-order chi connectivity index (χ0) is 11.1. The van der Waals surface area contributed by atoms with Crippen LogP contribution in [0.4, 0.5) is 0 Å². The summed E-state index contributed by atoms with van der Waals surface area (Å²) in [6.07, 6.45) is 4.89. The Morgan fingerprint density at radius 3 is 3.07 bits per heavy atom. The molecule has 15 heavy (non-hydrogen) atoms. The van der Waals surface area contributed by atoms with Gasteiger partial charge in [0.1, 0.15) is 6.07 Å². The van der Waals surface area contributed by atoms with Crippen LogP contribution in [0.15, 0.2) is 18.5 Å². The average Bonchev–Trinajstić information content (AvgIpc) is 2.29. The van der Waals surface area contributed by atoms with E-state index in [1.807, 2.05) is 6.07 Å². The zero-order valence-corrected chi connectivity index (χ0v) is 8.66. The molecule has 0 fully saturated rings. The Hall–Kier alpha value is -1.89. The number of carbonyl (C=O) groups excluding carboxylic acids is 1. The minimum absolute atomic E-state index is 0.173. The maximum Gasteiger partial charge on any atom is 0.252 e. The second-order valence-electron chi connectivity index (χ2n) is 3.18.